The van der Waals surface area contributed by atoms with Gasteiger partial charge >= 0.3 is 18.3 Å². The molecule has 2 fully saturated rings. The molecule has 170 valence electrons. The predicted octanol–water partition coefficient (Wildman–Crippen LogP) is 5.51. The van der Waals surface area contributed by atoms with E-state index in [1.165, 1.54) is 0 Å². The van der Waals surface area contributed by atoms with Gasteiger partial charge in [0.15, 0.2) is 0 Å². The molecule has 0 aliphatic heterocycles. The van der Waals surface area contributed by atoms with Crippen molar-refractivity contribution in [2.75, 3.05) is 6.61 Å². The van der Waals surface area contributed by atoms with Gasteiger partial charge in [0.25, 0.3) is 5.60 Å². The maximum absolute atomic E-state index is 13.0. The molecular formula is C20H30F6O3. The van der Waals surface area contributed by atoms with Crippen LogP contribution >= 0.6 is 0 Å². The summed E-state index contributed by atoms with van der Waals surface area (Å²) in [6, 6.07) is 0. The monoisotopic (exact) mass is 432 g/mol. The Morgan fingerprint density at radius 2 is 1.52 bits per heavy atom. The van der Waals surface area contributed by atoms with Crippen molar-refractivity contribution in [2.45, 2.75) is 77.8 Å². The Kier molecular flexibility index (Phi) is 6.64. The van der Waals surface area contributed by atoms with E-state index in [1.54, 1.807) is 6.92 Å². The van der Waals surface area contributed by atoms with Gasteiger partial charge in [0.1, 0.15) is 0 Å². The molecule has 2 saturated carbocycles. The highest BCUT2D eigenvalue weighted by Gasteiger charge is 2.71. The third-order valence-electron chi connectivity index (χ3n) is 7.04. The van der Waals surface area contributed by atoms with Crippen molar-refractivity contribution in [1.82, 2.24) is 0 Å². The van der Waals surface area contributed by atoms with Gasteiger partial charge in [-0.25, -0.2) is 0 Å². The average Bonchev–Trinajstić information content (AvgIpc) is 2.86. The van der Waals surface area contributed by atoms with E-state index in [4.69, 9.17) is 4.74 Å². The highest BCUT2D eigenvalue weighted by molar-refractivity contribution is 5.72. The second kappa shape index (κ2) is 7.93. The number of ether oxygens (including phenoxy) is 1. The van der Waals surface area contributed by atoms with Gasteiger partial charge in [-0.15, -0.1) is 0 Å². The molecule has 9 heteroatoms. The molecule has 2 bridgehead atoms. The van der Waals surface area contributed by atoms with E-state index in [2.05, 4.69) is 0 Å². The van der Waals surface area contributed by atoms with E-state index in [-0.39, 0.29) is 48.1 Å². The number of carbonyl (C=O) groups excluding carboxylic acids is 1. The first kappa shape index (κ1) is 24.3. The number of hydrogen-bond donors (Lipinski definition) is 1. The van der Waals surface area contributed by atoms with Crippen molar-refractivity contribution in [3.8, 4) is 0 Å². The third-order valence-corrected chi connectivity index (χ3v) is 7.04. The summed E-state index contributed by atoms with van der Waals surface area (Å²) in [6.07, 6.45) is -11.2. The second-order valence-corrected chi connectivity index (χ2v) is 9.87. The SMILES string of the molecule is CC(C(=O)OCC1CCC2CC1CC2CC(O)(C(F)(F)F)C(F)(F)F)C(C)(C)C. The maximum Gasteiger partial charge on any atom is 0.426 e. The Bertz CT molecular complexity index is 578. The quantitative estimate of drug-likeness (QED) is 0.460. The predicted molar refractivity (Wildman–Crippen MR) is 93.7 cm³/mol. The van der Waals surface area contributed by atoms with Crippen LogP contribution in [0.25, 0.3) is 0 Å². The molecule has 5 unspecified atom stereocenters. The number of hydrogen-bond acceptors (Lipinski definition) is 3. The summed E-state index contributed by atoms with van der Waals surface area (Å²) in [5, 5.41) is 9.52. The van der Waals surface area contributed by atoms with Gasteiger partial charge in [0.05, 0.1) is 12.5 Å². The highest BCUT2D eigenvalue weighted by Crippen LogP contribution is 2.55. The molecule has 0 heterocycles. The van der Waals surface area contributed by atoms with Crippen molar-refractivity contribution in [3.05, 3.63) is 0 Å². The average molecular weight is 432 g/mol. The molecule has 29 heavy (non-hydrogen) atoms. The topological polar surface area (TPSA) is 46.5 Å². The van der Waals surface area contributed by atoms with E-state index < -0.39 is 30.3 Å². The molecule has 0 aromatic carbocycles. The van der Waals surface area contributed by atoms with Gasteiger partial charge in [-0.3, -0.25) is 4.79 Å². The van der Waals surface area contributed by atoms with Crippen molar-refractivity contribution in [2.24, 2.45) is 35.0 Å². The number of halogens is 6. The van der Waals surface area contributed by atoms with E-state index in [0.29, 0.717) is 19.3 Å². The lowest BCUT2D eigenvalue weighted by atomic mass is 9.78. The Balaban J connectivity index is 2.00. The van der Waals surface area contributed by atoms with Crippen LogP contribution in [0.3, 0.4) is 0 Å². The van der Waals surface area contributed by atoms with Crippen LogP contribution in [0.5, 0.6) is 0 Å². The highest BCUT2D eigenvalue weighted by atomic mass is 19.4. The van der Waals surface area contributed by atoms with Crippen LogP contribution in [-0.2, 0) is 9.53 Å². The van der Waals surface area contributed by atoms with E-state index in [0.717, 1.165) is 0 Å². The number of esters is 1. The molecule has 2 rings (SSSR count). The minimum Gasteiger partial charge on any atom is -0.465 e. The lowest BCUT2D eigenvalue weighted by Gasteiger charge is -2.35. The van der Waals surface area contributed by atoms with Crippen LogP contribution in [0.1, 0.15) is 59.8 Å². The van der Waals surface area contributed by atoms with Crippen molar-refractivity contribution in [1.29, 1.82) is 0 Å². The number of fused-ring (bicyclic) bond motifs is 2. The number of carbonyl (C=O) groups is 1. The Hall–Kier alpha value is -0.990. The number of rotatable bonds is 5. The zero-order chi connectivity index (χ0) is 22.4. The zero-order valence-electron chi connectivity index (χ0n) is 17.2. The summed E-state index contributed by atoms with van der Waals surface area (Å²) in [5.74, 6) is -1.99. The van der Waals surface area contributed by atoms with Gasteiger partial charge in [-0.2, -0.15) is 26.3 Å². The summed E-state index contributed by atoms with van der Waals surface area (Å²) >= 11 is 0. The third kappa shape index (κ3) is 5.02. The second-order valence-electron chi connectivity index (χ2n) is 9.87. The van der Waals surface area contributed by atoms with Gasteiger partial charge in [-0.1, -0.05) is 27.7 Å². The lowest BCUT2D eigenvalue weighted by Crippen LogP contribution is -2.57. The van der Waals surface area contributed by atoms with Gasteiger partial charge in [-0.05, 0) is 61.2 Å². The minimum absolute atomic E-state index is 0.0720. The van der Waals surface area contributed by atoms with Gasteiger partial charge < -0.3 is 9.84 Å². The van der Waals surface area contributed by atoms with Crippen LogP contribution in [0, 0.1) is 35.0 Å². The minimum atomic E-state index is -5.78. The molecule has 3 nitrogen and oxygen atoms in total. The molecule has 0 saturated heterocycles. The molecule has 0 radical (unpaired) electrons. The molecule has 0 aromatic heterocycles. The van der Waals surface area contributed by atoms with Crippen LogP contribution in [0.2, 0.25) is 0 Å². The molecule has 1 N–H and O–H groups in total. The Morgan fingerprint density at radius 3 is 2.00 bits per heavy atom. The lowest BCUT2D eigenvalue weighted by molar-refractivity contribution is -0.373. The van der Waals surface area contributed by atoms with Crippen molar-refractivity contribution in [3.63, 3.8) is 0 Å². The first-order valence-electron chi connectivity index (χ1n) is 10.00. The fraction of sp³-hybridized carbons (Fsp3) is 0.950. The van der Waals surface area contributed by atoms with E-state index in [1.807, 2.05) is 20.8 Å². The molecule has 2 aliphatic rings. The molecule has 5 atom stereocenters. The van der Waals surface area contributed by atoms with Gasteiger partial charge in [0.2, 0.25) is 0 Å². The summed E-state index contributed by atoms with van der Waals surface area (Å²) < 4.78 is 83.6. The first-order chi connectivity index (χ1) is 13.0. The molecule has 0 amide bonds. The van der Waals surface area contributed by atoms with Crippen LogP contribution in [0.15, 0.2) is 0 Å². The van der Waals surface area contributed by atoms with Crippen LogP contribution in [0.4, 0.5) is 26.3 Å². The van der Waals surface area contributed by atoms with Crippen LogP contribution in [-0.4, -0.2) is 35.6 Å². The van der Waals surface area contributed by atoms with Crippen molar-refractivity contribution >= 4 is 5.97 Å². The summed E-state index contributed by atoms with van der Waals surface area (Å²) in [5.41, 5.74) is -4.96. The molecule has 0 aromatic rings. The van der Waals surface area contributed by atoms with Crippen molar-refractivity contribution < 1.29 is 41.0 Å². The maximum atomic E-state index is 13.0. The standard InChI is InChI=1S/C20H30F6O3/c1-11(17(2,3)4)16(27)29-10-13-6-5-12-7-14(13)8-15(12)9-18(28,19(21,22)23)20(24,25)26/h11-15,28H,5-10H2,1-4H3. The summed E-state index contributed by atoms with van der Waals surface area (Å²) in [4.78, 5) is 12.2. The largest absolute Gasteiger partial charge is 0.465 e. The fourth-order valence-corrected chi connectivity index (χ4v) is 4.57. The Labute approximate surface area is 167 Å². The van der Waals surface area contributed by atoms with Crippen LogP contribution < -0.4 is 0 Å². The Morgan fingerprint density at radius 1 is 0.966 bits per heavy atom. The van der Waals surface area contributed by atoms with E-state index in [9.17, 15) is 36.2 Å². The number of aliphatic hydroxyl groups is 1. The molecule has 2 aliphatic carbocycles. The van der Waals surface area contributed by atoms with E-state index >= 15 is 0 Å². The summed E-state index contributed by atoms with van der Waals surface area (Å²) in [6.45, 7) is 7.63. The fourth-order valence-electron chi connectivity index (χ4n) is 4.57. The summed E-state index contributed by atoms with van der Waals surface area (Å²) in [7, 11) is 0. The first-order valence-corrected chi connectivity index (χ1v) is 10.00. The number of alkyl halides is 6. The zero-order valence-corrected chi connectivity index (χ0v) is 17.2. The normalized spacial score (nSPS) is 29.6. The molecular weight excluding hydrogens is 402 g/mol. The van der Waals surface area contributed by atoms with Gasteiger partial charge in [0, 0.05) is 0 Å². The molecule has 0 spiro atoms. The smallest absolute Gasteiger partial charge is 0.426 e.